The summed E-state index contributed by atoms with van der Waals surface area (Å²) in [6.45, 7) is 4.03. The van der Waals surface area contributed by atoms with Crippen molar-refractivity contribution < 1.29 is 14.6 Å². The lowest BCUT2D eigenvalue weighted by Crippen LogP contribution is -2.39. The van der Waals surface area contributed by atoms with Crippen LogP contribution in [0.1, 0.15) is 41.4 Å². The second kappa shape index (κ2) is 7.39. The van der Waals surface area contributed by atoms with Crippen molar-refractivity contribution in [2.75, 3.05) is 20.8 Å². The maximum atomic E-state index is 10.0. The molecule has 154 valence electrons. The first-order valence-corrected chi connectivity index (χ1v) is 9.85. The molecule has 3 heterocycles. The summed E-state index contributed by atoms with van der Waals surface area (Å²) >= 11 is 0. The molecule has 0 saturated heterocycles. The van der Waals surface area contributed by atoms with Crippen LogP contribution in [0.25, 0.3) is 10.9 Å². The molecule has 0 fully saturated rings. The molecule has 1 aromatic heterocycles. The Hall–Kier alpha value is -2.50. The largest absolute Gasteiger partial charge is 0.493 e. The van der Waals surface area contributed by atoms with Crippen LogP contribution >= 0.6 is 0 Å². The van der Waals surface area contributed by atoms with E-state index < -0.39 is 0 Å². The summed E-state index contributed by atoms with van der Waals surface area (Å²) in [6, 6.07) is 11.2. The number of hydrogen-bond donors (Lipinski definition) is 1. The number of methoxy groups -OCH3 is 2. The smallest absolute Gasteiger partial charge is 0.161 e. The summed E-state index contributed by atoms with van der Waals surface area (Å²) in [5.74, 6) is 1.60. The van der Waals surface area contributed by atoms with Gasteiger partial charge in [-0.05, 0) is 60.7 Å². The predicted octanol–water partition coefficient (Wildman–Crippen LogP) is 4.21. The van der Waals surface area contributed by atoms with Crippen LogP contribution in [0.3, 0.4) is 0 Å². The summed E-state index contributed by atoms with van der Waals surface area (Å²) in [5, 5.41) is 11.3. The molecule has 0 aliphatic carbocycles. The Morgan fingerprint density at radius 2 is 1.86 bits per heavy atom. The third-order valence-electron chi connectivity index (χ3n) is 6.45. The number of ether oxygens (including phenoxy) is 2. The van der Waals surface area contributed by atoms with Crippen LogP contribution in [0.2, 0.25) is 0 Å². The van der Waals surface area contributed by atoms with Crippen LogP contribution < -0.4 is 9.47 Å². The molecule has 0 radical (unpaired) electrons. The first-order valence-electron chi connectivity index (χ1n) is 9.85. The maximum Gasteiger partial charge on any atom is 0.161 e. The topological polar surface area (TPSA) is 46.9 Å². The first kappa shape index (κ1) is 19.8. The molecule has 0 saturated carbocycles. The van der Waals surface area contributed by atoms with Gasteiger partial charge in [-0.3, -0.25) is 4.90 Å². The van der Waals surface area contributed by atoms with Gasteiger partial charge in [0.1, 0.15) is 6.73 Å². The van der Waals surface area contributed by atoms with Gasteiger partial charge in [-0.15, -0.1) is 0 Å². The third-order valence-corrected chi connectivity index (χ3v) is 6.45. The van der Waals surface area contributed by atoms with E-state index in [1.807, 2.05) is 0 Å². The van der Waals surface area contributed by atoms with Crippen LogP contribution in [0.4, 0.5) is 0 Å². The van der Waals surface area contributed by atoms with Crippen molar-refractivity contribution in [2.45, 2.75) is 46.5 Å². The lowest BCUT2D eigenvalue weighted by molar-refractivity contribution is 0.145. The van der Waals surface area contributed by atoms with E-state index in [0.717, 1.165) is 42.9 Å². The number of aromatic nitrogens is 1. The van der Waals surface area contributed by atoms with Gasteiger partial charge >= 0.3 is 0 Å². The van der Waals surface area contributed by atoms with Crippen molar-refractivity contribution in [3.63, 3.8) is 0 Å². The molecule has 1 unspecified atom stereocenters. The number of benzene rings is 2. The van der Waals surface area contributed by atoms with E-state index in [9.17, 15) is 5.11 Å². The molecule has 2 aliphatic heterocycles. The molecule has 0 bridgehead atoms. The number of fused-ring (bicyclic) bond motifs is 6. The van der Waals surface area contributed by atoms with Crippen LogP contribution in [0.15, 0.2) is 30.3 Å². The normalized spacial score (nSPS) is 17.9. The quantitative estimate of drug-likeness (QED) is 0.723. The number of hydrogen-bond acceptors (Lipinski definition) is 4. The van der Waals surface area contributed by atoms with Crippen molar-refractivity contribution in [1.29, 1.82) is 0 Å². The minimum atomic E-state index is 0. The van der Waals surface area contributed by atoms with Crippen molar-refractivity contribution in [1.82, 2.24) is 9.47 Å². The molecule has 5 heteroatoms. The minimum absolute atomic E-state index is 0. The Morgan fingerprint density at radius 1 is 1.10 bits per heavy atom. The fourth-order valence-electron chi connectivity index (χ4n) is 5.05. The zero-order chi connectivity index (χ0) is 19.4. The molecule has 2 aliphatic rings. The van der Waals surface area contributed by atoms with Gasteiger partial charge in [0, 0.05) is 30.2 Å². The molecule has 0 spiro atoms. The standard InChI is InChI=1S/C23H26N2O3.CH4/c1-14-4-5-19-17(8-14)18-10-20-16-11-23(28-3)22(27-2)9-15(16)6-7-24(20)12-21(18)25(19)13-26;/h4-5,8-9,11,20,26H,6-7,10,12-13H2,1-3H3;1H4. The molecule has 3 aromatic rings. The Bertz CT molecular complexity index is 1070. The van der Waals surface area contributed by atoms with Gasteiger partial charge in [0.2, 0.25) is 0 Å². The monoisotopic (exact) mass is 394 g/mol. The van der Waals surface area contributed by atoms with E-state index in [1.165, 1.54) is 33.3 Å². The van der Waals surface area contributed by atoms with Gasteiger partial charge in [0.15, 0.2) is 11.5 Å². The highest BCUT2D eigenvalue weighted by molar-refractivity contribution is 5.86. The van der Waals surface area contributed by atoms with Crippen molar-refractivity contribution in [3.8, 4) is 11.5 Å². The van der Waals surface area contributed by atoms with Crippen LogP contribution in [-0.4, -0.2) is 35.3 Å². The van der Waals surface area contributed by atoms with E-state index in [-0.39, 0.29) is 14.2 Å². The lowest BCUT2D eigenvalue weighted by Gasteiger charge is -2.41. The van der Waals surface area contributed by atoms with Gasteiger partial charge in [-0.1, -0.05) is 19.1 Å². The Labute approximate surface area is 172 Å². The van der Waals surface area contributed by atoms with Gasteiger partial charge in [0.05, 0.1) is 19.7 Å². The van der Waals surface area contributed by atoms with E-state index in [0.29, 0.717) is 6.04 Å². The average Bonchev–Trinajstić information content (AvgIpc) is 3.02. The zero-order valence-corrected chi connectivity index (χ0v) is 16.7. The molecule has 5 rings (SSSR count). The van der Waals surface area contributed by atoms with E-state index in [2.05, 4.69) is 46.7 Å². The first-order chi connectivity index (χ1) is 13.6. The molecule has 5 nitrogen and oxygen atoms in total. The van der Waals surface area contributed by atoms with E-state index >= 15 is 0 Å². The second-order valence-corrected chi connectivity index (χ2v) is 7.86. The fraction of sp³-hybridized carbons (Fsp3) is 0.417. The summed E-state index contributed by atoms with van der Waals surface area (Å²) in [4.78, 5) is 2.54. The minimum Gasteiger partial charge on any atom is -0.493 e. The summed E-state index contributed by atoms with van der Waals surface area (Å²) in [6.07, 6.45) is 1.95. The number of aliphatic hydroxyl groups excluding tert-OH is 1. The van der Waals surface area contributed by atoms with Gasteiger partial charge in [0.25, 0.3) is 0 Å². The van der Waals surface area contributed by atoms with Gasteiger partial charge in [-0.2, -0.15) is 0 Å². The highest BCUT2D eigenvalue weighted by Gasteiger charge is 2.35. The SMILES string of the molecule is C.COc1cc2c(cc1OC)C1Cc3c(n(CO)c4ccc(C)cc34)CN1CC2. The molecular formula is C24H30N2O3. The van der Waals surface area contributed by atoms with E-state index in [1.54, 1.807) is 14.2 Å². The zero-order valence-electron chi connectivity index (χ0n) is 16.7. The second-order valence-electron chi connectivity index (χ2n) is 7.86. The number of rotatable bonds is 3. The van der Waals surface area contributed by atoms with Crippen molar-refractivity contribution in [3.05, 3.63) is 58.3 Å². The number of aliphatic hydroxyl groups is 1. The van der Waals surface area contributed by atoms with Crippen LogP contribution in [-0.2, 0) is 26.1 Å². The predicted molar refractivity (Wildman–Crippen MR) is 116 cm³/mol. The molecule has 29 heavy (non-hydrogen) atoms. The Balaban J connectivity index is 0.00000205. The highest BCUT2D eigenvalue weighted by Crippen LogP contribution is 2.44. The average molecular weight is 395 g/mol. The highest BCUT2D eigenvalue weighted by atomic mass is 16.5. The van der Waals surface area contributed by atoms with Gasteiger partial charge < -0.3 is 19.1 Å². The van der Waals surface area contributed by atoms with Crippen LogP contribution in [0.5, 0.6) is 11.5 Å². The lowest BCUT2D eigenvalue weighted by atomic mass is 9.85. The van der Waals surface area contributed by atoms with Crippen molar-refractivity contribution in [2.24, 2.45) is 0 Å². The maximum absolute atomic E-state index is 10.0. The summed E-state index contributed by atoms with van der Waals surface area (Å²) in [5.41, 5.74) is 7.70. The fourth-order valence-corrected chi connectivity index (χ4v) is 5.05. The van der Waals surface area contributed by atoms with E-state index in [4.69, 9.17) is 9.47 Å². The number of aryl methyl sites for hydroxylation is 1. The Kier molecular flexibility index (Phi) is 5.05. The summed E-state index contributed by atoms with van der Waals surface area (Å²) in [7, 11) is 3.39. The van der Waals surface area contributed by atoms with Crippen molar-refractivity contribution >= 4 is 10.9 Å². The number of nitrogens with zero attached hydrogens (tertiary/aromatic N) is 2. The molecule has 1 atom stereocenters. The third kappa shape index (κ3) is 2.92. The molecule has 1 N–H and O–H groups in total. The molecule has 2 aromatic carbocycles. The molecular weight excluding hydrogens is 364 g/mol. The van der Waals surface area contributed by atoms with Crippen LogP contribution in [0, 0.1) is 6.92 Å². The molecule has 0 amide bonds. The Morgan fingerprint density at radius 3 is 2.59 bits per heavy atom. The summed E-state index contributed by atoms with van der Waals surface area (Å²) < 4.78 is 13.2. The van der Waals surface area contributed by atoms with Gasteiger partial charge in [-0.25, -0.2) is 0 Å².